The molecule has 2 N–H and O–H groups in total. The van der Waals surface area contributed by atoms with Gasteiger partial charge in [0.1, 0.15) is 11.4 Å². The Morgan fingerprint density at radius 2 is 0.986 bits per heavy atom. The first-order chi connectivity index (χ1) is 33.9. The fourth-order valence-electron chi connectivity index (χ4n) is 8.23. The Balaban J connectivity index is 0.000000199. The van der Waals surface area contributed by atoms with Crippen LogP contribution in [0, 0.1) is 0 Å². The second kappa shape index (κ2) is 23.4. The first-order valence-corrected chi connectivity index (χ1v) is 28.5. The number of nitrogens with zero attached hydrogens (tertiary/aromatic N) is 8. The van der Waals surface area contributed by atoms with Crippen molar-refractivity contribution in [2.45, 2.75) is 19.8 Å². The minimum absolute atomic E-state index is 0. The number of anilines is 2. The summed E-state index contributed by atoms with van der Waals surface area (Å²) >= 11 is 16.6. The molecule has 0 radical (unpaired) electrons. The van der Waals surface area contributed by atoms with Gasteiger partial charge in [0.05, 0.1) is 18.0 Å². The number of hydrogen-bond donors (Lipinski definition) is 1. The minimum Gasteiger partial charge on any atom is -0.461 e. The van der Waals surface area contributed by atoms with Crippen LogP contribution in [-0.2, 0) is 17.6 Å². The number of fused-ring (bicyclic) bond motifs is 2. The third kappa shape index (κ3) is 11.0. The molecule has 0 spiro atoms. The lowest BCUT2D eigenvalue weighted by Crippen LogP contribution is -2.39. The van der Waals surface area contributed by atoms with Gasteiger partial charge in [0.2, 0.25) is 0 Å². The molecule has 6 heterocycles. The summed E-state index contributed by atoms with van der Waals surface area (Å²) in [6, 6.07) is 38.0. The quantitative estimate of drug-likeness (QED) is 0.108. The molecule has 8 aromatic rings. The predicted molar refractivity (Wildman–Crippen MR) is 300 cm³/mol. The number of carbonyl (C=O) groups is 4. The van der Waals surface area contributed by atoms with E-state index in [0.717, 1.165) is 0 Å². The van der Waals surface area contributed by atoms with Crippen LogP contribution in [0.2, 0.25) is 10.0 Å². The monoisotopic (exact) mass is 1330 g/mol. The Morgan fingerprint density at radius 3 is 1.38 bits per heavy atom. The highest BCUT2D eigenvalue weighted by molar-refractivity contribution is 15.0. The van der Waals surface area contributed by atoms with Gasteiger partial charge in [0, 0.05) is 119 Å². The van der Waals surface area contributed by atoms with E-state index in [4.69, 9.17) is 33.7 Å². The van der Waals surface area contributed by atoms with E-state index in [2.05, 4.69) is 47.4 Å². The summed E-state index contributed by atoms with van der Waals surface area (Å²) in [7, 11) is 0. The molecule has 0 atom stereocenters. The minimum atomic E-state index is -0.689. The zero-order valence-corrected chi connectivity index (χ0v) is 45.5. The molecule has 2 aliphatic heterocycles. The standard InChI is InChI=1S/C26H21ClN4O4.C24H18ClN5O3.I2.HI/c1-2-35-26(34)23-21-13-15-30(19-11-9-18(10-12-19)29-14-4-3-8-22(29)32)25(33)24(21)31(28-23)20-7-5-6-17(27)16-20;25-15-4-3-5-18(14-15)30-22-19(21(27-30)23(26)32)11-13-29(24(22)33)17-9-7-16(8-10-17)28-12-2-1-6-20(28)31;1-2;/h3-12,14,16H,2,13,15H2,1H3;1-10,12,14H,11,13H2,(H2,26,32);;1H. The molecule has 4 aromatic heterocycles. The van der Waals surface area contributed by atoms with Crippen LogP contribution in [0.3, 0.4) is 0 Å². The molecule has 10 rings (SSSR count). The average molecular weight is 1330 g/mol. The number of carbonyl (C=O) groups excluding carboxylic acids is 4. The number of pyridine rings is 2. The third-order valence-corrected chi connectivity index (χ3v) is 11.8. The van der Waals surface area contributed by atoms with Crippen LogP contribution in [0.4, 0.5) is 11.4 Å². The van der Waals surface area contributed by atoms with Gasteiger partial charge >= 0.3 is 5.97 Å². The molecule has 0 unspecified atom stereocenters. The summed E-state index contributed by atoms with van der Waals surface area (Å²) in [5.41, 5.74) is 11.0. The summed E-state index contributed by atoms with van der Waals surface area (Å²) in [5.74, 6) is -1.85. The Bertz CT molecular complexity index is 3410. The van der Waals surface area contributed by atoms with E-state index in [0.29, 0.717) is 86.9 Å². The molecule has 0 saturated heterocycles. The summed E-state index contributed by atoms with van der Waals surface area (Å²) in [6.07, 6.45) is 4.22. The first kappa shape index (κ1) is 52.7. The molecule has 4 aromatic carbocycles. The van der Waals surface area contributed by atoms with Crippen molar-refractivity contribution in [2.75, 3.05) is 29.5 Å². The molecule has 0 aliphatic carbocycles. The topological polar surface area (TPSA) is 190 Å². The van der Waals surface area contributed by atoms with Crippen LogP contribution in [-0.4, -0.2) is 72.1 Å². The predicted octanol–water partition coefficient (Wildman–Crippen LogP) is 9.42. The first-order valence-electron chi connectivity index (χ1n) is 21.5. The summed E-state index contributed by atoms with van der Waals surface area (Å²) < 4.78 is 11.1. The maximum absolute atomic E-state index is 13.7. The van der Waals surface area contributed by atoms with Crippen LogP contribution in [0.15, 0.2) is 155 Å². The van der Waals surface area contributed by atoms with Gasteiger partial charge in [-0.25, -0.2) is 14.2 Å². The van der Waals surface area contributed by atoms with Crippen molar-refractivity contribution >= 4 is 119 Å². The van der Waals surface area contributed by atoms with Crippen molar-refractivity contribution < 1.29 is 23.9 Å². The third-order valence-electron chi connectivity index (χ3n) is 11.4. The molecule has 0 saturated carbocycles. The number of esters is 1. The van der Waals surface area contributed by atoms with E-state index in [1.165, 1.54) is 30.6 Å². The van der Waals surface area contributed by atoms with Gasteiger partial charge < -0.3 is 20.3 Å². The maximum atomic E-state index is 13.7. The Morgan fingerprint density at radius 1 is 0.577 bits per heavy atom. The number of halogens is 5. The highest BCUT2D eigenvalue weighted by Crippen LogP contribution is 2.32. The number of aromatic nitrogens is 6. The van der Waals surface area contributed by atoms with Crippen molar-refractivity contribution in [2.24, 2.45) is 5.73 Å². The molecule has 2 aliphatic rings. The Kier molecular flexibility index (Phi) is 17.3. The molecular formula is C50H40Cl2I3N9O7. The van der Waals surface area contributed by atoms with Gasteiger partial charge in [-0.15, -0.1) is 24.0 Å². The van der Waals surface area contributed by atoms with Gasteiger partial charge in [0.25, 0.3) is 28.8 Å². The second-order valence-corrected chi connectivity index (χ2v) is 16.4. The van der Waals surface area contributed by atoms with Gasteiger partial charge in [-0.3, -0.25) is 33.1 Å². The SMILES string of the molecule is CCOC(=O)c1nn(-c2cccc(Cl)c2)c2c1CCN(c1ccc(-n3ccccc3=O)cc1)C2=O.I.II.NC(=O)c1nn(-c2cccc(Cl)c2)c2c1CCN(c1ccc(-n3ccccc3=O)cc1)C2=O. The van der Waals surface area contributed by atoms with Crippen LogP contribution >= 0.6 is 84.4 Å². The van der Waals surface area contributed by atoms with E-state index in [-0.39, 0.29) is 70.6 Å². The molecule has 16 nitrogen and oxygen atoms in total. The van der Waals surface area contributed by atoms with Gasteiger partial charge in [0.15, 0.2) is 11.4 Å². The van der Waals surface area contributed by atoms with Crippen molar-refractivity contribution in [1.29, 1.82) is 0 Å². The number of rotatable bonds is 9. The van der Waals surface area contributed by atoms with Crippen LogP contribution in [0.25, 0.3) is 22.7 Å². The summed E-state index contributed by atoms with van der Waals surface area (Å²) in [5, 5.41) is 9.76. The zero-order chi connectivity index (χ0) is 49.6. The van der Waals surface area contributed by atoms with E-state index in [1.807, 2.05) is 0 Å². The highest BCUT2D eigenvalue weighted by Gasteiger charge is 2.37. The molecule has 71 heavy (non-hydrogen) atoms. The number of ether oxygens (including phenoxy) is 1. The number of benzene rings is 4. The van der Waals surface area contributed by atoms with Crippen molar-refractivity contribution in [3.05, 3.63) is 211 Å². The van der Waals surface area contributed by atoms with Crippen LogP contribution in [0.1, 0.15) is 60.0 Å². The molecule has 362 valence electrons. The van der Waals surface area contributed by atoms with Crippen molar-refractivity contribution in [3.63, 3.8) is 0 Å². The van der Waals surface area contributed by atoms with Crippen molar-refractivity contribution in [3.8, 4) is 22.7 Å². The lowest BCUT2D eigenvalue weighted by Gasteiger charge is -2.28. The van der Waals surface area contributed by atoms with E-state index < -0.39 is 11.9 Å². The van der Waals surface area contributed by atoms with Crippen molar-refractivity contribution in [1.82, 2.24) is 28.7 Å². The highest BCUT2D eigenvalue weighted by atomic mass is 128. The smallest absolute Gasteiger partial charge is 0.359 e. The Labute approximate surface area is 456 Å². The lowest BCUT2D eigenvalue weighted by molar-refractivity contribution is 0.0517. The zero-order valence-electron chi connectivity index (χ0n) is 37.3. The molecule has 0 fully saturated rings. The number of hydrogen-bond acceptors (Lipinski definition) is 9. The largest absolute Gasteiger partial charge is 0.461 e. The average Bonchev–Trinajstić information content (AvgIpc) is 3.97. The fourth-order valence-corrected chi connectivity index (χ4v) is 8.60. The van der Waals surface area contributed by atoms with Crippen LogP contribution in [0.5, 0.6) is 0 Å². The normalized spacial score (nSPS) is 12.6. The number of nitrogens with two attached hydrogens (primary N) is 1. The summed E-state index contributed by atoms with van der Waals surface area (Å²) in [4.78, 5) is 79.4. The van der Waals surface area contributed by atoms with E-state index >= 15 is 0 Å². The number of primary amides is 1. The molecular weight excluding hydrogens is 1290 g/mol. The lowest BCUT2D eigenvalue weighted by atomic mass is 10.0. The molecule has 21 heteroatoms. The van der Waals surface area contributed by atoms with Gasteiger partial charge in [-0.2, -0.15) is 10.2 Å². The summed E-state index contributed by atoms with van der Waals surface area (Å²) in [6.45, 7) is 2.65. The fraction of sp³-hybridized carbons (Fsp3) is 0.120. The number of amides is 3. The van der Waals surface area contributed by atoms with Gasteiger partial charge in [-0.1, -0.05) is 47.5 Å². The maximum Gasteiger partial charge on any atom is 0.359 e. The molecule has 3 amide bonds. The molecule has 0 bridgehead atoms. The Hall–Kier alpha value is -6.15. The second-order valence-electron chi connectivity index (χ2n) is 15.5. The van der Waals surface area contributed by atoms with E-state index in [1.54, 1.807) is 150 Å². The van der Waals surface area contributed by atoms with E-state index in [9.17, 15) is 28.8 Å². The van der Waals surface area contributed by atoms with Gasteiger partial charge in [-0.05, 0) is 117 Å². The van der Waals surface area contributed by atoms with Crippen LogP contribution < -0.4 is 26.7 Å².